The lowest BCUT2D eigenvalue weighted by Crippen LogP contribution is -2.25. The van der Waals surface area contributed by atoms with Gasteiger partial charge in [-0.2, -0.15) is 0 Å². The van der Waals surface area contributed by atoms with Crippen LogP contribution in [-0.2, 0) is 4.79 Å². The third-order valence-corrected chi connectivity index (χ3v) is 6.15. The first kappa shape index (κ1) is 20.6. The summed E-state index contributed by atoms with van der Waals surface area (Å²) < 4.78 is 7.03. The Kier molecular flexibility index (Phi) is 5.93. The number of ether oxygens (including phenoxy) is 1. The third kappa shape index (κ3) is 4.00. The van der Waals surface area contributed by atoms with Crippen LogP contribution in [0.25, 0.3) is 11.8 Å². The number of halogens is 2. The van der Waals surface area contributed by atoms with Crippen LogP contribution in [0.5, 0.6) is 5.75 Å². The molecule has 1 amide bonds. The van der Waals surface area contributed by atoms with Crippen LogP contribution >= 0.6 is 31.9 Å². The summed E-state index contributed by atoms with van der Waals surface area (Å²) in [7, 11) is 1.63. The summed E-state index contributed by atoms with van der Waals surface area (Å²) in [5, 5.41) is 0. The van der Waals surface area contributed by atoms with Gasteiger partial charge in [0.2, 0.25) is 0 Å². The molecular formula is C25H19Br2NO2. The average molecular weight is 525 g/mol. The Hall–Kier alpha value is -2.63. The quantitative estimate of drug-likeness (QED) is 0.344. The van der Waals surface area contributed by atoms with Crippen molar-refractivity contribution < 1.29 is 9.53 Å². The molecule has 0 spiro atoms. The minimum absolute atomic E-state index is 0.0645. The van der Waals surface area contributed by atoms with Crippen LogP contribution in [0.3, 0.4) is 0 Å². The summed E-state index contributed by atoms with van der Waals surface area (Å²) in [6, 6.07) is 21.7. The highest BCUT2D eigenvalue weighted by Crippen LogP contribution is 2.39. The van der Waals surface area contributed by atoms with Gasteiger partial charge in [-0.3, -0.25) is 9.69 Å². The van der Waals surface area contributed by atoms with E-state index in [-0.39, 0.29) is 5.91 Å². The summed E-state index contributed by atoms with van der Waals surface area (Å²) in [4.78, 5) is 15.3. The maximum absolute atomic E-state index is 13.5. The third-order valence-electron chi connectivity index (χ3n) is 4.89. The van der Waals surface area contributed by atoms with Crippen molar-refractivity contribution in [1.82, 2.24) is 0 Å². The fourth-order valence-electron chi connectivity index (χ4n) is 3.42. The van der Waals surface area contributed by atoms with Crippen molar-refractivity contribution in [2.45, 2.75) is 6.92 Å². The molecule has 0 bridgehead atoms. The van der Waals surface area contributed by atoms with E-state index < -0.39 is 0 Å². The van der Waals surface area contributed by atoms with Crippen molar-refractivity contribution in [2.24, 2.45) is 0 Å². The van der Waals surface area contributed by atoms with E-state index in [1.807, 2.05) is 85.8 Å². The van der Waals surface area contributed by atoms with Gasteiger partial charge >= 0.3 is 0 Å². The van der Waals surface area contributed by atoms with E-state index in [0.717, 1.165) is 42.8 Å². The van der Waals surface area contributed by atoms with Gasteiger partial charge in [0.1, 0.15) is 5.75 Å². The van der Waals surface area contributed by atoms with Gasteiger partial charge in [0.25, 0.3) is 5.91 Å². The number of hydrogen-bond acceptors (Lipinski definition) is 2. The Morgan fingerprint density at radius 3 is 2.37 bits per heavy atom. The van der Waals surface area contributed by atoms with E-state index in [1.165, 1.54) is 0 Å². The lowest BCUT2D eigenvalue weighted by molar-refractivity contribution is -0.113. The van der Waals surface area contributed by atoms with Crippen LogP contribution < -0.4 is 9.64 Å². The van der Waals surface area contributed by atoms with E-state index >= 15 is 0 Å². The lowest BCUT2D eigenvalue weighted by atomic mass is 10.1. The standard InChI is InChI=1S/C25H19Br2NO2/c1-16-8-10-22(20(26)12-16)28-23(18-6-4-3-5-7-18)15-19(25(28)29)13-17-9-11-24(30-2)21(27)14-17/h3-15H,1-2H3/b19-13+. The molecule has 3 aromatic carbocycles. The monoisotopic (exact) mass is 523 g/mol. The molecule has 1 heterocycles. The molecule has 1 aliphatic heterocycles. The first-order valence-electron chi connectivity index (χ1n) is 9.41. The summed E-state index contributed by atoms with van der Waals surface area (Å²) >= 11 is 7.15. The Bertz CT molecular complexity index is 1180. The van der Waals surface area contributed by atoms with Crippen LogP contribution in [0.1, 0.15) is 16.7 Å². The predicted molar refractivity (Wildman–Crippen MR) is 129 cm³/mol. The molecule has 3 nitrogen and oxygen atoms in total. The summed E-state index contributed by atoms with van der Waals surface area (Å²) in [6.45, 7) is 2.03. The van der Waals surface area contributed by atoms with Crippen molar-refractivity contribution in [3.63, 3.8) is 0 Å². The van der Waals surface area contributed by atoms with Crippen LogP contribution in [0.2, 0.25) is 0 Å². The second kappa shape index (κ2) is 8.62. The molecule has 0 atom stereocenters. The fraction of sp³-hybridized carbons (Fsp3) is 0.0800. The Balaban J connectivity index is 1.82. The molecule has 0 radical (unpaired) electrons. The first-order valence-corrected chi connectivity index (χ1v) is 11.0. The minimum Gasteiger partial charge on any atom is -0.496 e. The molecule has 0 fully saturated rings. The van der Waals surface area contributed by atoms with E-state index in [1.54, 1.807) is 12.0 Å². The number of hydrogen-bond donors (Lipinski definition) is 0. The molecular weight excluding hydrogens is 506 g/mol. The second-order valence-electron chi connectivity index (χ2n) is 6.98. The highest BCUT2D eigenvalue weighted by Gasteiger charge is 2.31. The number of methoxy groups -OCH3 is 1. The van der Waals surface area contributed by atoms with Crippen LogP contribution in [0.15, 0.2) is 87.3 Å². The molecule has 0 saturated carbocycles. The van der Waals surface area contributed by atoms with Gasteiger partial charge in [-0.1, -0.05) is 42.5 Å². The molecule has 0 saturated heterocycles. The van der Waals surface area contributed by atoms with E-state index in [0.29, 0.717) is 5.57 Å². The lowest BCUT2D eigenvalue weighted by Gasteiger charge is -2.22. The summed E-state index contributed by atoms with van der Waals surface area (Å²) in [6.07, 6.45) is 3.85. The van der Waals surface area contributed by atoms with Gasteiger partial charge in [-0.25, -0.2) is 0 Å². The fourth-order valence-corrected chi connectivity index (χ4v) is 4.65. The summed E-state index contributed by atoms with van der Waals surface area (Å²) in [5.74, 6) is 0.686. The van der Waals surface area contributed by atoms with Crippen molar-refractivity contribution in [3.8, 4) is 5.75 Å². The molecule has 0 aromatic heterocycles. The number of carbonyl (C=O) groups is 1. The smallest absolute Gasteiger partial charge is 0.262 e. The van der Waals surface area contributed by atoms with Crippen molar-refractivity contribution in [3.05, 3.63) is 104 Å². The number of rotatable bonds is 4. The van der Waals surface area contributed by atoms with Crippen LogP contribution in [0.4, 0.5) is 5.69 Å². The van der Waals surface area contributed by atoms with E-state index in [2.05, 4.69) is 31.9 Å². The predicted octanol–water partition coefficient (Wildman–Crippen LogP) is 7.00. The van der Waals surface area contributed by atoms with Crippen molar-refractivity contribution >= 4 is 55.2 Å². The largest absolute Gasteiger partial charge is 0.496 e. The van der Waals surface area contributed by atoms with Gasteiger partial charge in [-0.05, 0) is 91.9 Å². The number of anilines is 1. The Morgan fingerprint density at radius 2 is 1.70 bits per heavy atom. The Morgan fingerprint density at radius 1 is 0.933 bits per heavy atom. The van der Waals surface area contributed by atoms with Crippen LogP contribution in [0, 0.1) is 6.92 Å². The molecule has 3 aromatic rings. The maximum atomic E-state index is 13.5. The van der Waals surface area contributed by atoms with Crippen molar-refractivity contribution in [1.29, 1.82) is 0 Å². The normalized spacial score (nSPS) is 14.9. The number of aryl methyl sites for hydroxylation is 1. The highest BCUT2D eigenvalue weighted by molar-refractivity contribution is 9.11. The average Bonchev–Trinajstić information content (AvgIpc) is 3.05. The van der Waals surface area contributed by atoms with Gasteiger partial charge in [0.15, 0.2) is 0 Å². The van der Waals surface area contributed by atoms with E-state index in [9.17, 15) is 4.79 Å². The zero-order chi connectivity index (χ0) is 21.3. The molecule has 0 N–H and O–H groups in total. The molecule has 0 aliphatic carbocycles. The summed E-state index contributed by atoms with van der Waals surface area (Å²) in [5.41, 5.74) is 5.32. The first-order chi connectivity index (χ1) is 14.5. The topological polar surface area (TPSA) is 29.5 Å². The van der Waals surface area contributed by atoms with Gasteiger partial charge < -0.3 is 4.74 Å². The molecule has 1 aliphatic rings. The number of nitrogens with zero attached hydrogens (tertiary/aromatic N) is 1. The number of amides is 1. The SMILES string of the molecule is COc1ccc(/C=C2\C=C(c3ccccc3)N(c3ccc(C)cc3Br)C2=O)cc1Br. The van der Waals surface area contributed by atoms with Crippen LogP contribution in [-0.4, -0.2) is 13.0 Å². The minimum atomic E-state index is -0.0645. The van der Waals surface area contributed by atoms with E-state index in [4.69, 9.17) is 4.74 Å². The molecule has 30 heavy (non-hydrogen) atoms. The zero-order valence-electron chi connectivity index (χ0n) is 16.5. The molecule has 5 heteroatoms. The molecule has 150 valence electrons. The zero-order valence-corrected chi connectivity index (χ0v) is 19.7. The van der Waals surface area contributed by atoms with Gasteiger partial charge in [0, 0.05) is 10.0 Å². The molecule has 4 rings (SSSR count). The van der Waals surface area contributed by atoms with Gasteiger partial charge in [-0.15, -0.1) is 0 Å². The Labute approximate surface area is 192 Å². The molecule has 0 unspecified atom stereocenters. The maximum Gasteiger partial charge on any atom is 0.262 e. The van der Waals surface area contributed by atoms with Gasteiger partial charge in [0.05, 0.1) is 23.0 Å². The number of carbonyl (C=O) groups excluding carboxylic acids is 1. The van der Waals surface area contributed by atoms with Crippen molar-refractivity contribution in [2.75, 3.05) is 12.0 Å². The second-order valence-corrected chi connectivity index (χ2v) is 8.69. The highest BCUT2D eigenvalue weighted by atomic mass is 79.9. The number of benzene rings is 3.